The van der Waals surface area contributed by atoms with E-state index >= 15 is 0 Å². The van der Waals surface area contributed by atoms with Gasteiger partial charge in [-0.05, 0) is 19.3 Å². The Morgan fingerprint density at radius 3 is 2.83 bits per heavy atom. The molecule has 2 heterocycles. The fourth-order valence-electron chi connectivity index (χ4n) is 2.14. The van der Waals surface area contributed by atoms with Crippen LogP contribution < -0.4 is 5.14 Å². The molecule has 0 aromatic carbocycles. The largest absolute Gasteiger partial charge is 0.378 e. The Morgan fingerprint density at radius 1 is 1.50 bits per heavy atom. The van der Waals surface area contributed by atoms with E-state index in [1.54, 1.807) is 4.57 Å². The molecule has 2 N–H and O–H groups in total. The first-order chi connectivity index (χ1) is 8.52. The third kappa shape index (κ3) is 2.88. The minimum Gasteiger partial charge on any atom is -0.378 e. The molecule has 0 radical (unpaired) electrons. The summed E-state index contributed by atoms with van der Waals surface area (Å²) in [5, 5.41) is 12.6. The van der Waals surface area contributed by atoms with E-state index in [0.29, 0.717) is 18.8 Å². The molecule has 102 valence electrons. The monoisotopic (exact) mass is 274 g/mol. The van der Waals surface area contributed by atoms with Gasteiger partial charge in [0.05, 0.1) is 6.10 Å². The van der Waals surface area contributed by atoms with Crippen LogP contribution in [0.2, 0.25) is 0 Å². The summed E-state index contributed by atoms with van der Waals surface area (Å²) >= 11 is 0. The van der Waals surface area contributed by atoms with Crippen LogP contribution in [0.15, 0.2) is 5.16 Å². The van der Waals surface area contributed by atoms with Gasteiger partial charge in [0.25, 0.3) is 15.2 Å². The van der Waals surface area contributed by atoms with Crippen LogP contribution >= 0.6 is 0 Å². The lowest BCUT2D eigenvalue weighted by atomic mass is 10.2. The van der Waals surface area contributed by atoms with Crippen LogP contribution in [0.25, 0.3) is 0 Å². The Kier molecular flexibility index (Phi) is 3.98. The molecule has 0 spiro atoms. The number of sulfonamides is 1. The molecule has 7 nitrogen and oxygen atoms in total. The highest BCUT2D eigenvalue weighted by Crippen LogP contribution is 2.18. The summed E-state index contributed by atoms with van der Waals surface area (Å²) in [5.74, 6) is 0.632. The van der Waals surface area contributed by atoms with E-state index in [9.17, 15) is 8.42 Å². The third-order valence-electron chi connectivity index (χ3n) is 2.93. The van der Waals surface area contributed by atoms with Gasteiger partial charge >= 0.3 is 0 Å². The van der Waals surface area contributed by atoms with Gasteiger partial charge in [-0.25, -0.2) is 13.6 Å². The van der Waals surface area contributed by atoms with E-state index in [4.69, 9.17) is 9.88 Å². The molecule has 1 aromatic rings. The highest BCUT2D eigenvalue weighted by atomic mass is 32.2. The molecule has 1 atom stereocenters. The second kappa shape index (κ2) is 5.33. The summed E-state index contributed by atoms with van der Waals surface area (Å²) in [6.45, 7) is 3.26. The van der Waals surface area contributed by atoms with Gasteiger partial charge in [-0.1, -0.05) is 6.92 Å². The first kappa shape index (κ1) is 13.4. The van der Waals surface area contributed by atoms with Gasteiger partial charge in [0.1, 0.15) is 5.82 Å². The van der Waals surface area contributed by atoms with E-state index in [1.807, 2.05) is 6.92 Å². The molecule has 1 aliphatic rings. The lowest BCUT2D eigenvalue weighted by Gasteiger charge is -2.11. The molecule has 1 saturated heterocycles. The lowest BCUT2D eigenvalue weighted by Crippen LogP contribution is -2.21. The molecule has 18 heavy (non-hydrogen) atoms. The number of hydrogen-bond donors (Lipinski definition) is 1. The van der Waals surface area contributed by atoms with Crippen LogP contribution in [0.1, 0.15) is 32.0 Å². The molecule has 0 bridgehead atoms. The Morgan fingerprint density at radius 2 is 2.28 bits per heavy atom. The molecule has 1 aromatic heterocycles. The minimum absolute atomic E-state index is 0.109. The molecule has 8 heteroatoms. The van der Waals surface area contributed by atoms with Gasteiger partial charge < -0.3 is 9.30 Å². The van der Waals surface area contributed by atoms with E-state index in [1.165, 1.54) is 0 Å². The molecule has 0 amide bonds. The Bertz CT molecular complexity index is 505. The van der Waals surface area contributed by atoms with E-state index in [2.05, 4.69) is 10.2 Å². The van der Waals surface area contributed by atoms with Gasteiger partial charge in [-0.15, -0.1) is 10.2 Å². The molecule has 1 fully saturated rings. The first-order valence-corrected chi connectivity index (χ1v) is 7.63. The van der Waals surface area contributed by atoms with Gasteiger partial charge in [0.2, 0.25) is 0 Å². The zero-order valence-electron chi connectivity index (χ0n) is 10.4. The summed E-state index contributed by atoms with van der Waals surface area (Å²) < 4.78 is 29.9. The summed E-state index contributed by atoms with van der Waals surface area (Å²) in [5.41, 5.74) is 0. The van der Waals surface area contributed by atoms with Gasteiger partial charge in [0, 0.05) is 19.6 Å². The van der Waals surface area contributed by atoms with Crippen molar-refractivity contribution in [2.75, 3.05) is 6.61 Å². The number of nitrogens with zero attached hydrogens (tertiary/aromatic N) is 3. The second-order valence-electron chi connectivity index (χ2n) is 4.43. The summed E-state index contributed by atoms with van der Waals surface area (Å²) in [6, 6.07) is 0. The highest BCUT2D eigenvalue weighted by molar-refractivity contribution is 7.89. The standard InChI is InChI=1S/C10H18N4O3S/c1-2-5-14-9(7-8-4-3-6-17-8)12-13-10(14)18(11,15)16/h8H,2-7H2,1H3,(H2,11,15,16). The van der Waals surface area contributed by atoms with Gasteiger partial charge in [0.15, 0.2) is 0 Å². The fourth-order valence-corrected chi connectivity index (χ4v) is 2.80. The molecule has 2 rings (SSSR count). The number of ether oxygens (including phenoxy) is 1. The average molecular weight is 274 g/mol. The predicted octanol–water partition coefficient (Wildman–Crippen LogP) is 0.0570. The van der Waals surface area contributed by atoms with Crippen molar-refractivity contribution in [3.05, 3.63) is 5.82 Å². The zero-order chi connectivity index (χ0) is 13.2. The number of primary sulfonamides is 1. The topological polar surface area (TPSA) is 100 Å². The molecule has 0 aliphatic carbocycles. The van der Waals surface area contributed by atoms with Crippen molar-refractivity contribution in [1.82, 2.24) is 14.8 Å². The maximum absolute atomic E-state index is 11.4. The van der Waals surface area contributed by atoms with Crippen LogP contribution in [0.5, 0.6) is 0 Å². The number of nitrogens with two attached hydrogens (primary N) is 1. The zero-order valence-corrected chi connectivity index (χ0v) is 11.2. The third-order valence-corrected chi connectivity index (χ3v) is 3.74. The maximum Gasteiger partial charge on any atom is 0.273 e. The van der Waals surface area contributed by atoms with E-state index < -0.39 is 10.0 Å². The molecule has 1 aliphatic heterocycles. The SMILES string of the molecule is CCCn1c(CC2CCCO2)nnc1S(N)(=O)=O. The smallest absolute Gasteiger partial charge is 0.273 e. The van der Waals surface area contributed by atoms with Crippen LogP contribution in [0, 0.1) is 0 Å². The average Bonchev–Trinajstić information content (AvgIpc) is 2.89. The van der Waals surface area contributed by atoms with Crippen molar-refractivity contribution in [2.24, 2.45) is 5.14 Å². The summed E-state index contributed by atoms with van der Waals surface area (Å²) in [6.07, 6.45) is 3.50. The molecule has 0 saturated carbocycles. The van der Waals surface area contributed by atoms with Crippen molar-refractivity contribution in [2.45, 2.75) is 50.4 Å². The lowest BCUT2D eigenvalue weighted by molar-refractivity contribution is 0.109. The van der Waals surface area contributed by atoms with Crippen LogP contribution in [0.3, 0.4) is 0 Å². The number of hydrogen-bond acceptors (Lipinski definition) is 5. The number of rotatable bonds is 5. The second-order valence-corrected chi connectivity index (χ2v) is 5.89. The van der Waals surface area contributed by atoms with Crippen LogP contribution in [-0.2, 0) is 27.7 Å². The maximum atomic E-state index is 11.4. The van der Waals surface area contributed by atoms with Crippen LogP contribution in [-0.4, -0.2) is 35.9 Å². The minimum atomic E-state index is -3.82. The molecular formula is C10H18N4O3S. The van der Waals surface area contributed by atoms with Gasteiger partial charge in [-0.3, -0.25) is 0 Å². The van der Waals surface area contributed by atoms with Crippen molar-refractivity contribution in [1.29, 1.82) is 0 Å². The Balaban J connectivity index is 2.26. The fraction of sp³-hybridized carbons (Fsp3) is 0.800. The predicted molar refractivity (Wildman–Crippen MR) is 64.4 cm³/mol. The Labute approximate surface area is 106 Å². The van der Waals surface area contributed by atoms with Crippen molar-refractivity contribution >= 4 is 10.0 Å². The van der Waals surface area contributed by atoms with Crippen LogP contribution in [0.4, 0.5) is 0 Å². The normalized spacial score (nSPS) is 20.4. The van der Waals surface area contributed by atoms with E-state index in [-0.39, 0.29) is 11.3 Å². The number of aromatic nitrogens is 3. The molecule has 1 unspecified atom stereocenters. The highest BCUT2D eigenvalue weighted by Gasteiger charge is 2.24. The van der Waals surface area contributed by atoms with Crippen molar-refractivity contribution < 1.29 is 13.2 Å². The Hall–Kier alpha value is -0.990. The summed E-state index contributed by atoms with van der Waals surface area (Å²) in [4.78, 5) is 0. The molecular weight excluding hydrogens is 256 g/mol. The van der Waals surface area contributed by atoms with Gasteiger partial charge in [-0.2, -0.15) is 0 Å². The quantitative estimate of drug-likeness (QED) is 0.818. The first-order valence-electron chi connectivity index (χ1n) is 6.09. The summed E-state index contributed by atoms with van der Waals surface area (Å²) in [7, 11) is -3.82. The van der Waals surface area contributed by atoms with Crippen molar-refractivity contribution in [3.63, 3.8) is 0 Å². The van der Waals surface area contributed by atoms with Crippen molar-refractivity contribution in [3.8, 4) is 0 Å². The van der Waals surface area contributed by atoms with E-state index in [0.717, 1.165) is 25.9 Å².